The van der Waals surface area contributed by atoms with E-state index in [1.54, 1.807) is 28.4 Å². The van der Waals surface area contributed by atoms with E-state index in [0.717, 1.165) is 40.2 Å². The summed E-state index contributed by atoms with van der Waals surface area (Å²) in [6.45, 7) is 2.55. The van der Waals surface area contributed by atoms with Crippen LogP contribution < -0.4 is 0 Å². The number of thiophene rings is 1. The molecule has 1 aliphatic rings. The van der Waals surface area contributed by atoms with E-state index in [4.69, 9.17) is 9.82 Å². The minimum atomic E-state index is 0.232. The third-order valence-corrected chi connectivity index (χ3v) is 6.11. The molecule has 0 fully saturated rings. The highest BCUT2D eigenvalue weighted by molar-refractivity contribution is 7.19. The lowest BCUT2D eigenvalue weighted by Gasteiger charge is -2.17. The van der Waals surface area contributed by atoms with E-state index < -0.39 is 0 Å². The first-order chi connectivity index (χ1) is 13.3. The Kier molecular flexibility index (Phi) is 4.09. The average Bonchev–Trinajstić information content (AvgIpc) is 3.25. The Morgan fingerprint density at radius 2 is 2.22 bits per heavy atom. The summed E-state index contributed by atoms with van der Waals surface area (Å²) >= 11 is 1.80. The fourth-order valence-electron chi connectivity index (χ4n) is 3.58. The number of aromatic nitrogens is 4. The summed E-state index contributed by atoms with van der Waals surface area (Å²) < 4.78 is 1.76. The topological polar surface area (TPSA) is 64.7 Å². The zero-order chi connectivity index (χ0) is 18.2. The third-order valence-electron chi connectivity index (χ3n) is 4.95. The molecular weight excluding hydrogens is 358 g/mol. The van der Waals surface area contributed by atoms with Crippen molar-refractivity contribution >= 4 is 33.4 Å². The summed E-state index contributed by atoms with van der Waals surface area (Å²) in [6, 6.07) is 9.84. The minimum absolute atomic E-state index is 0.232. The van der Waals surface area contributed by atoms with Gasteiger partial charge in [-0.25, -0.2) is 14.5 Å². The normalized spacial score (nSPS) is 17.0. The maximum atomic E-state index is 5.39. The number of benzene rings is 1. The van der Waals surface area contributed by atoms with Crippen molar-refractivity contribution in [2.45, 2.75) is 32.8 Å². The highest BCUT2D eigenvalue weighted by Gasteiger charge is 2.23. The van der Waals surface area contributed by atoms with Gasteiger partial charge in [0.25, 0.3) is 0 Å². The van der Waals surface area contributed by atoms with Gasteiger partial charge in [0.15, 0.2) is 18.1 Å². The Morgan fingerprint density at radius 3 is 3.11 bits per heavy atom. The lowest BCUT2D eigenvalue weighted by molar-refractivity contribution is 0.126. The van der Waals surface area contributed by atoms with Crippen molar-refractivity contribution in [2.75, 3.05) is 0 Å². The molecule has 1 unspecified atom stereocenters. The van der Waals surface area contributed by atoms with Gasteiger partial charge in [0.1, 0.15) is 11.2 Å². The number of aryl methyl sites for hydroxylation is 1. The van der Waals surface area contributed by atoms with Crippen LogP contribution in [0, 0.1) is 5.92 Å². The van der Waals surface area contributed by atoms with E-state index in [1.807, 2.05) is 30.3 Å². The van der Waals surface area contributed by atoms with Gasteiger partial charge in [-0.2, -0.15) is 0 Å². The summed E-state index contributed by atoms with van der Waals surface area (Å²) in [6.07, 6.45) is 6.88. The summed E-state index contributed by atoms with van der Waals surface area (Å²) in [5.74, 6) is 1.35. The zero-order valence-electron chi connectivity index (χ0n) is 15.0. The zero-order valence-corrected chi connectivity index (χ0v) is 15.8. The van der Waals surface area contributed by atoms with Crippen LogP contribution in [-0.2, 0) is 24.3 Å². The summed E-state index contributed by atoms with van der Waals surface area (Å²) in [4.78, 5) is 17.2. The second-order valence-corrected chi connectivity index (χ2v) is 8.07. The van der Waals surface area contributed by atoms with Crippen LogP contribution in [-0.4, -0.2) is 25.8 Å². The molecule has 0 aliphatic heterocycles. The maximum Gasteiger partial charge on any atom is 0.192 e. The predicted octanol–water partition coefficient (Wildman–Crippen LogP) is 4.01. The molecule has 0 radical (unpaired) electrons. The Balaban J connectivity index is 1.42. The molecule has 6 nitrogen and oxygen atoms in total. The van der Waals surface area contributed by atoms with Gasteiger partial charge < -0.3 is 4.84 Å². The summed E-state index contributed by atoms with van der Waals surface area (Å²) in [5, 5.41) is 9.67. The molecule has 0 N–H and O–H groups in total. The van der Waals surface area contributed by atoms with Crippen molar-refractivity contribution in [1.29, 1.82) is 0 Å². The molecule has 3 heterocycles. The molecule has 3 aromatic heterocycles. The Morgan fingerprint density at radius 1 is 1.33 bits per heavy atom. The number of hydrogen-bond acceptors (Lipinski definition) is 6. The molecule has 1 atom stereocenters. The summed E-state index contributed by atoms with van der Waals surface area (Å²) in [7, 11) is 0. The second-order valence-electron chi connectivity index (χ2n) is 6.99. The van der Waals surface area contributed by atoms with E-state index in [2.05, 4.69) is 22.2 Å². The highest BCUT2D eigenvalue weighted by atomic mass is 32.1. The highest BCUT2D eigenvalue weighted by Crippen LogP contribution is 2.38. The smallest absolute Gasteiger partial charge is 0.192 e. The van der Waals surface area contributed by atoms with Crippen LogP contribution in [0.2, 0.25) is 0 Å². The van der Waals surface area contributed by atoms with Gasteiger partial charge in [-0.3, -0.25) is 0 Å². The second kappa shape index (κ2) is 6.74. The molecule has 1 aromatic carbocycles. The van der Waals surface area contributed by atoms with Crippen molar-refractivity contribution in [3.63, 3.8) is 0 Å². The molecule has 27 heavy (non-hydrogen) atoms. The van der Waals surface area contributed by atoms with Gasteiger partial charge in [-0.15, -0.1) is 16.4 Å². The van der Waals surface area contributed by atoms with Crippen LogP contribution in [0.25, 0.3) is 15.9 Å². The van der Waals surface area contributed by atoms with E-state index in [-0.39, 0.29) is 6.61 Å². The monoisotopic (exact) mass is 377 g/mol. The maximum absolute atomic E-state index is 5.39. The largest absolute Gasteiger partial charge is 0.387 e. The molecule has 0 bridgehead atoms. The van der Waals surface area contributed by atoms with Crippen LogP contribution in [0.15, 0.2) is 41.8 Å². The number of rotatable bonds is 4. The molecule has 0 saturated heterocycles. The first-order valence-electron chi connectivity index (χ1n) is 9.13. The Hall–Kier alpha value is -2.80. The molecule has 0 spiro atoms. The van der Waals surface area contributed by atoms with Crippen molar-refractivity contribution in [3.05, 3.63) is 58.5 Å². The summed E-state index contributed by atoms with van der Waals surface area (Å²) in [5.41, 5.74) is 3.27. The first kappa shape index (κ1) is 16.4. The molecule has 0 saturated carbocycles. The van der Waals surface area contributed by atoms with Crippen LogP contribution >= 0.6 is 11.3 Å². The molecule has 4 aromatic rings. The van der Waals surface area contributed by atoms with Crippen LogP contribution in [0.1, 0.15) is 35.2 Å². The fourth-order valence-corrected chi connectivity index (χ4v) is 4.92. The van der Waals surface area contributed by atoms with Crippen LogP contribution in [0.5, 0.6) is 0 Å². The van der Waals surface area contributed by atoms with Gasteiger partial charge in [0, 0.05) is 4.88 Å². The van der Waals surface area contributed by atoms with Gasteiger partial charge in [-0.1, -0.05) is 42.4 Å². The fraction of sp³-hybridized carbons (Fsp3) is 0.300. The Labute approximate surface area is 160 Å². The molecule has 1 aliphatic carbocycles. The number of hydrogen-bond donors (Lipinski definition) is 0. The van der Waals surface area contributed by atoms with E-state index in [1.165, 1.54) is 16.9 Å². The predicted molar refractivity (Wildman–Crippen MR) is 106 cm³/mol. The standard InChI is InChI=1S/C20H19N5OS/c1-13-7-8-15-16(9-13)27-20-18(15)19-23-17(24-25(19)12-21-20)11-26-22-10-14-5-3-2-4-6-14/h2-6,10,12-13H,7-9,11H2,1H3. The van der Waals surface area contributed by atoms with Crippen molar-refractivity contribution in [3.8, 4) is 0 Å². The number of fused-ring (bicyclic) bond motifs is 5. The van der Waals surface area contributed by atoms with Gasteiger partial charge in [-0.05, 0) is 36.3 Å². The van der Waals surface area contributed by atoms with E-state index >= 15 is 0 Å². The number of nitrogens with zero attached hydrogens (tertiary/aromatic N) is 5. The van der Waals surface area contributed by atoms with Gasteiger partial charge in [0.2, 0.25) is 0 Å². The lowest BCUT2D eigenvalue weighted by atomic mass is 9.89. The van der Waals surface area contributed by atoms with Crippen LogP contribution in [0.3, 0.4) is 0 Å². The molecule has 5 rings (SSSR count). The molecule has 0 amide bonds. The number of oxime groups is 1. The first-order valence-corrected chi connectivity index (χ1v) is 9.94. The SMILES string of the molecule is CC1CCc2c(sc3ncn4nc(CON=Cc5ccccc5)nc4c23)C1. The van der Waals surface area contributed by atoms with Crippen molar-refractivity contribution in [1.82, 2.24) is 19.6 Å². The minimum Gasteiger partial charge on any atom is -0.387 e. The average molecular weight is 377 g/mol. The molecule has 7 heteroatoms. The molecule has 136 valence electrons. The van der Waals surface area contributed by atoms with E-state index in [0.29, 0.717) is 5.82 Å². The molecular formula is C20H19N5OS. The van der Waals surface area contributed by atoms with E-state index in [9.17, 15) is 0 Å². The third kappa shape index (κ3) is 3.08. The van der Waals surface area contributed by atoms with Crippen molar-refractivity contribution in [2.24, 2.45) is 11.1 Å². The van der Waals surface area contributed by atoms with Gasteiger partial charge >= 0.3 is 0 Å². The lowest BCUT2D eigenvalue weighted by Crippen LogP contribution is -2.08. The Bertz CT molecular complexity index is 1130. The quantitative estimate of drug-likeness (QED) is 0.398. The van der Waals surface area contributed by atoms with Crippen molar-refractivity contribution < 1.29 is 4.84 Å². The van der Waals surface area contributed by atoms with Gasteiger partial charge in [0.05, 0.1) is 11.6 Å². The van der Waals surface area contributed by atoms with Crippen LogP contribution in [0.4, 0.5) is 0 Å².